The summed E-state index contributed by atoms with van der Waals surface area (Å²) in [7, 11) is -1.19. The molecule has 40 heavy (non-hydrogen) atoms. The second-order valence-electron chi connectivity index (χ2n) is 10.2. The van der Waals surface area contributed by atoms with Gasteiger partial charge in [-0.1, -0.05) is 30.3 Å². The van der Waals surface area contributed by atoms with Gasteiger partial charge in [0.1, 0.15) is 23.3 Å². The molecule has 0 saturated carbocycles. The standard InChI is InChI=1S/C27H36FN5O6S/c1-27(2,3)39-26(35)32-25(29-4)31-24(20-15-19(11-12-21(20)28)30-23(34)17-38-5)22-13-14-33(40(22,36)37)16-18-9-7-6-8-10-18/h6-12,15,22,24H,13-14,16-17H2,1-5H3,(H,30,34)(H2,29,31,32,35). The van der Waals surface area contributed by atoms with Crippen LogP contribution in [0.25, 0.3) is 0 Å². The zero-order chi connectivity index (χ0) is 29.5. The summed E-state index contributed by atoms with van der Waals surface area (Å²) in [5, 5.41) is 6.88. The maximum absolute atomic E-state index is 15.4. The molecule has 0 aromatic heterocycles. The SMILES string of the molecule is CN=C(NC(=O)OC(C)(C)C)NC(c1cc(NC(=O)COC)ccc1F)C1CCN(Cc2ccccc2)S1(=O)=O. The van der Waals surface area contributed by atoms with E-state index in [1.807, 2.05) is 30.3 Å². The number of carbonyl (C=O) groups is 2. The molecular weight excluding hydrogens is 541 g/mol. The molecule has 0 bridgehead atoms. The van der Waals surface area contributed by atoms with Gasteiger partial charge in [-0.3, -0.25) is 15.1 Å². The number of hydrogen-bond acceptors (Lipinski definition) is 7. The molecule has 2 unspecified atom stereocenters. The first kappa shape index (κ1) is 31.0. The van der Waals surface area contributed by atoms with Crippen LogP contribution in [0.15, 0.2) is 53.5 Å². The van der Waals surface area contributed by atoms with Gasteiger partial charge in [0.05, 0.1) is 6.04 Å². The molecule has 1 fully saturated rings. The van der Waals surface area contributed by atoms with Gasteiger partial charge in [-0.15, -0.1) is 0 Å². The fraction of sp³-hybridized carbons (Fsp3) is 0.444. The lowest BCUT2D eigenvalue weighted by Gasteiger charge is -2.28. The van der Waals surface area contributed by atoms with Crippen molar-refractivity contribution in [3.63, 3.8) is 0 Å². The zero-order valence-corrected chi connectivity index (χ0v) is 24.0. The second-order valence-corrected chi connectivity index (χ2v) is 12.4. The quantitative estimate of drug-likeness (QED) is 0.324. The van der Waals surface area contributed by atoms with Crippen LogP contribution in [0.5, 0.6) is 0 Å². The molecule has 1 saturated heterocycles. The summed E-state index contributed by atoms with van der Waals surface area (Å²) in [4.78, 5) is 28.6. The Balaban J connectivity index is 1.98. The normalized spacial score (nSPS) is 18.1. The molecule has 218 valence electrons. The lowest BCUT2D eigenvalue weighted by Crippen LogP contribution is -2.48. The summed E-state index contributed by atoms with van der Waals surface area (Å²) in [6, 6.07) is 11.8. The van der Waals surface area contributed by atoms with Gasteiger partial charge < -0.3 is 20.1 Å². The summed E-state index contributed by atoms with van der Waals surface area (Å²) < 4.78 is 54.4. The predicted octanol–water partition coefficient (Wildman–Crippen LogP) is 3.16. The third-order valence-electron chi connectivity index (χ3n) is 6.00. The van der Waals surface area contributed by atoms with Gasteiger partial charge in [0.15, 0.2) is 0 Å². The number of carbonyl (C=O) groups excluding carboxylic acids is 2. The van der Waals surface area contributed by atoms with E-state index in [2.05, 4.69) is 20.9 Å². The molecule has 0 radical (unpaired) electrons. The number of rotatable bonds is 8. The summed E-state index contributed by atoms with van der Waals surface area (Å²) in [6.07, 6.45) is -0.643. The van der Waals surface area contributed by atoms with Crippen molar-refractivity contribution >= 4 is 33.7 Å². The van der Waals surface area contributed by atoms with Crippen molar-refractivity contribution < 1.29 is 31.9 Å². The Morgan fingerprint density at radius 3 is 2.50 bits per heavy atom. The zero-order valence-electron chi connectivity index (χ0n) is 23.2. The van der Waals surface area contributed by atoms with Gasteiger partial charge >= 0.3 is 6.09 Å². The summed E-state index contributed by atoms with van der Waals surface area (Å²) in [5.74, 6) is -1.27. The number of aliphatic imine (C=N–C) groups is 1. The largest absolute Gasteiger partial charge is 0.444 e. The lowest BCUT2D eigenvalue weighted by atomic mass is 10.00. The summed E-state index contributed by atoms with van der Waals surface area (Å²) >= 11 is 0. The smallest absolute Gasteiger partial charge is 0.414 e. The van der Waals surface area contributed by atoms with Crippen LogP contribution < -0.4 is 16.0 Å². The molecule has 1 aliphatic rings. The molecule has 2 atom stereocenters. The van der Waals surface area contributed by atoms with E-state index in [9.17, 15) is 18.0 Å². The number of hydrogen-bond donors (Lipinski definition) is 3. The van der Waals surface area contributed by atoms with Crippen LogP contribution in [0.3, 0.4) is 0 Å². The minimum absolute atomic E-state index is 0.0301. The molecule has 2 amide bonds. The first-order valence-corrected chi connectivity index (χ1v) is 14.2. The van der Waals surface area contributed by atoms with Crippen molar-refractivity contribution in [1.82, 2.24) is 14.9 Å². The first-order valence-electron chi connectivity index (χ1n) is 12.7. The van der Waals surface area contributed by atoms with Gasteiger partial charge in [-0.05, 0) is 51.0 Å². The van der Waals surface area contributed by atoms with E-state index < -0.39 is 44.7 Å². The number of amides is 2. The van der Waals surface area contributed by atoms with E-state index in [4.69, 9.17) is 9.47 Å². The van der Waals surface area contributed by atoms with Crippen LogP contribution in [-0.4, -0.2) is 68.8 Å². The van der Waals surface area contributed by atoms with Crippen LogP contribution in [0.1, 0.15) is 44.4 Å². The Morgan fingerprint density at radius 2 is 1.88 bits per heavy atom. The van der Waals surface area contributed by atoms with Crippen LogP contribution in [0.4, 0.5) is 14.9 Å². The lowest BCUT2D eigenvalue weighted by molar-refractivity contribution is -0.119. The Bertz CT molecular complexity index is 1330. The maximum atomic E-state index is 15.4. The first-order chi connectivity index (χ1) is 18.8. The molecule has 2 aromatic rings. The third-order valence-corrected chi connectivity index (χ3v) is 8.31. The molecule has 3 N–H and O–H groups in total. The predicted molar refractivity (Wildman–Crippen MR) is 150 cm³/mol. The van der Waals surface area contributed by atoms with Crippen LogP contribution in [0, 0.1) is 5.82 Å². The number of nitrogens with zero attached hydrogens (tertiary/aromatic N) is 2. The maximum Gasteiger partial charge on any atom is 0.414 e. The van der Waals surface area contributed by atoms with E-state index in [1.165, 1.54) is 30.6 Å². The van der Waals surface area contributed by atoms with Gasteiger partial charge in [-0.2, -0.15) is 4.31 Å². The number of benzene rings is 2. The van der Waals surface area contributed by atoms with E-state index in [-0.39, 0.29) is 43.3 Å². The van der Waals surface area contributed by atoms with Crippen LogP contribution in [-0.2, 0) is 30.8 Å². The van der Waals surface area contributed by atoms with Crippen LogP contribution in [0.2, 0.25) is 0 Å². The fourth-order valence-electron chi connectivity index (χ4n) is 4.30. The van der Waals surface area contributed by atoms with E-state index in [0.29, 0.717) is 0 Å². The summed E-state index contributed by atoms with van der Waals surface area (Å²) in [6.45, 7) is 5.23. The van der Waals surface area contributed by atoms with Gasteiger partial charge in [-0.25, -0.2) is 17.6 Å². The number of halogens is 1. The molecule has 1 heterocycles. The number of methoxy groups -OCH3 is 1. The van der Waals surface area contributed by atoms with E-state index in [1.54, 1.807) is 20.8 Å². The minimum atomic E-state index is -3.95. The Morgan fingerprint density at radius 1 is 1.18 bits per heavy atom. The van der Waals surface area contributed by atoms with Crippen LogP contribution >= 0.6 is 0 Å². The number of guanidine groups is 1. The highest BCUT2D eigenvalue weighted by Gasteiger charge is 2.45. The molecule has 13 heteroatoms. The monoisotopic (exact) mass is 577 g/mol. The van der Waals surface area contributed by atoms with Crippen molar-refractivity contribution in [2.45, 2.75) is 50.6 Å². The highest BCUT2D eigenvalue weighted by Crippen LogP contribution is 2.35. The van der Waals surface area contributed by atoms with Gasteiger partial charge in [0.25, 0.3) is 0 Å². The van der Waals surface area contributed by atoms with E-state index in [0.717, 1.165) is 11.6 Å². The third kappa shape index (κ3) is 8.23. The van der Waals surface area contributed by atoms with Gasteiger partial charge in [0, 0.05) is 38.5 Å². The Hall–Kier alpha value is -3.55. The van der Waals surface area contributed by atoms with Gasteiger partial charge in [0.2, 0.25) is 21.9 Å². The average Bonchev–Trinajstić information content (AvgIpc) is 3.16. The molecule has 11 nitrogen and oxygen atoms in total. The number of sulfonamides is 1. The van der Waals surface area contributed by atoms with Crippen molar-refractivity contribution in [2.75, 3.05) is 32.6 Å². The summed E-state index contributed by atoms with van der Waals surface area (Å²) in [5.41, 5.74) is 0.234. The van der Waals surface area contributed by atoms with Crippen molar-refractivity contribution in [1.29, 1.82) is 0 Å². The van der Waals surface area contributed by atoms with E-state index >= 15 is 4.39 Å². The topological polar surface area (TPSA) is 138 Å². The minimum Gasteiger partial charge on any atom is -0.444 e. The molecular formula is C27H36FN5O6S. The highest BCUT2D eigenvalue weighted by atomic mass is 32.2. The molecule has 0 spiro atoms. The molecule has 2 aromatic carbocycles. The highest BCUT2D eigenvalue weighted by molar-refractivity contribution is 7.90. The molecule has 1 aliphatic heterocycles. The fourth-order valence-corrected chi connectivity index (χ4v) is 6.33. The second kappa shape index (κ2) is 13.2. The number of anilines is 1. The van der Waals surface area contributed by atoms with Crippen molar-refractivity contribution in [2.24, 2.45) is 4.99 Å². The van der Waals surface area contributed by atoms with Crippen molar-refractivity contribution in [3.05, 3.63) is 65.5 Å². The number of alkyl carbamates (subject to hydrolysis) is 1. The molecule has 0 aliphatic carbocycles. The average molecular weight is 578 g/mol. The molecule has 3 rings (SSSR count). The number of ether oxygens (including phenoxy) is 2. The Kier molecular flexibility index (Phi) is 10.2. The van der Waals surface area contributed by atoms with Crippen molar-refractivity contribution in [3.8, 4) is 0 Å². The number of nitrogens with one attached hydrogen (secondary N) is 3. The Labute approximate surface area is 234 Å².